The quantitative estimate of drug-likeness (QED) is 0.329. The highest BCUT2D eigenvalue weighted by molar-refractivity contribution is 5.95. The molecule has 0 aromatic carbocycles. The van der Waals surface area contributed by atoms with Crippen LogP contribution in [0.1, 0.15) is 12.8 Å². The van der Waals surface area contributed by atoms with Crippen LogP contribution in [-0.2, 0) is 0 Å². The Morgan fingerprint density at radius 2 is 1.78 bits per heavy atom. The van der Waals surface area contributed by atoms with Gasteiger partial charge in [0.05, 0.1) is 22.8 Å². The number of imidazole rings is 1. The third-order valence-electron chi connectivity index (χ3n) is 6.58. The SMILES string of the molecule is c1ccc(-c2nccc3[nH]c(-c4n[nH]c5ncc(-c6cncc(OC7CCNCC7)c6)cc45)nc23)nc1. The summed E-state index contributed by atoms with van der Waals surface area (Å²) in [6, 6.07) is 11.7. The van der Waals surface area contributed by atoms with E-state index in [1.54, 1.807) is 18.6 Å². The van der Waals surface area contributed by atoms with Gasteiger partial charge in [0.25, 0.3) is 0 Å². The molecule has 0 saturated carbocycles. The molecule has 0 spiro atoms. The maximum atomic E-state index is 6.20. The summed E-state index contributed by atoms with van der Waals surface area (Å²) in [5.74, 6) is 1.40. The van der Waals surface area contributed by atoms with Crippen molar-refractivity contribution in [1.82, 2.24) is 45.4 Å². The van der Waals surface area contributed by atoms with Crippen LogP contribution in [0.3, 0.4) is 0 Å². The van der Waals surface area contributed by atoms with Crippen LogP contribution in [0.25, 0.3) is 56.1 Å². The van der Waals surface area contributed by atoms with Crippen LogP contribution >= 0.6 is 0 Å². The molecule has 10 nitrogen and oxygen atoms in total. The Morgan fingerprint density at radius 3 is 2.68 bits per heavy atom. The molecule has 0 unspecified atom stereocenters. The number of H-pyrrole nitrogens is 2. The summed E-state index contributed by atoms with van der Waals surface area (Å²) in [5, 5.41) is 11.8. The molecule has 0 amide bonds. The Bertz CT molecular complexity index is 1700. The third kappa shape index (κ3) is 4.07. The van der Waals surface area contributed by atoms with Gasteiger partial charge in [0.1, 0.15) is 28.8 Å². The van der Waals surface area contributed by atoms with Gasteiger partial charge in [-0.25, -0.2) is 9.97 Å². The van der Waals surface area contributed by atoms with E-state index in [0.29, 0.717) is 17.2 Å². The van der Waals surface area contributed by atoms with Crippen LogP contribution in [-0.4, -0.2) is 59.3 Å². The Morgan fingerprint density at radius 1 is 0.865 bits per heavy atom. The fourth-order valence-electron chi connectivity index (χ4n) is 4.73. The molecule has 1 fully saturated rings. The zero-order valence-electron chi connectivity index (χ0n) is 19.8. The maximum Gasteiger partial charge on any atom is 0.159 e. The normalized spacial score (nSPS) is 14.4. The highest BCUT2D eigenvalue weighted by Gasteiger charge is 2.18. The van der Waals surface area contributed by atoms with E-state index in [0.717, 1.165) is 70.6 Å². The monoisotopic (exact) mass is 489 g/mol. The van der Waals surface area contributed by atoms with Crippen LogP contribution in [0.2, 0.25) is 0 Å². The van der Waals surface area contributed by atoms with Crippen molar-refractivity contribution < 1.29 is 4.74 Å². The lowest BCUT2D eigenvalue weighted by atomic mass is 10.1. The fraction of sp³-hybridized carbons (Fsp3) is 0.185. The molecule has 1 aliphatic rings. The average molecular weight is 490 g/mol. The topological polar surface area (TPSA) is 130 Å². The van der Waals surface area contributed by atoms with Gasteiger partial charge >= 0.3 is 0 Å². The number of aromatic amines is 2. The molecule has 3 N–H and O–H groups in total. The van der Waals surface area contributed by atoms with Gasteiger partial charge in [0.2, 0.25) is 0 Å². The predicted molar refractivity (Wildman–Crippen MR) is 140 cm³/mol. The first kappa shape index (κ1) is 21.6. The van der Waals surface area contributed by atoms with E-state index in [-0.39, 0.29) is 6.10 Å². The Hall–Kier alpha value is -4.70. The van der Waals surface area contributed by atoms with E-state index in [2.05, 4.69) is 46.5 Å². The Labute approximate surface area is 211 Å². The number of nitrogens with zero attached hydrogens (tertiary/aromatic N) is 6. The molecule has 7 heterocycles. The molecule has 37 heavy (non-hydrogen) atoms. The Kier molecular flexibility index (Phi) is 5.29. The van der Waals surface area contributed by atoms with Crippen LogP contribution in [0, 0.1) is 0 Å². The standard InChI is InChI=1S/C27H23N9O/c1-2-7-30-21(3-1)24-25-22(6-10-31-24)33-27(34-25)23-20-12-17(14-32-26(20)36-35-23)16-11-19(15-29-13-16)37-18-4-8-28-9-5-18/h1-3,6-7,10-15,18,28H,4-5,8-9H2,(H,33,34)(H,32,35,36). The summed E-state index contributed by atoms with van der Waals surface area (Å²) >= 11 is 0. The van der Waals surface area contributed by atoms with Crippen molar-refractivity contribution in [1.29, 1.82) is 0 Å². The van der Waals surface area contributed by atoms with E-state index in [1.165, 1.54) is 0 Å². The number of aromatic nitrogens is 8. The van der Waals surface area contributed by atoms with Crippen LogP contribution < -0.4 is 10.1 Å². The van der Waals surface area contributed by atoms with Crippen LogP contribution in [0.15, 0.2) is 67.4 Å². The van der Waals surface area contributed by atoms with E-state index >= 15 is 0 Å². The minimum Gasteiger partial charge on any atom is -0.489 e. The molecular formula is C27H23N9O. The molecule has 1 aliphatic heterocycles. The minimum atomic E-state index is 0.206. The Balaban J connectivity index is 1.26. The van der Waals surface area contributed by atoms with E-state index in [9.17, 15) is 0 Å². The van der Waals surface area contributed by atoms with Crippen molar-refractivity contribution in [2.24, 2.45) is 0 Å². The summed E-state index contributed by atoms with van der Waals surface area (Å²) in [7, 11) is 0. The molecule has 7 rings (SSSR count). The van der Waals surface area contributed by atoms with Gasteiger partial charge in [0.15, 0.2) is 11.5 Å². The van der Waals surface area contributed by atoms with Gasteiger partial charge in [-0.05, 0) is 56.3 Å². The van der Waals surface area contributed by atoms with E-state index in [1.807, 2.05) is 42.7 Å². The van der Waals surface area contributed by atoms with Gasteiger partial charge in [-0.3, -0.25) is 20.1 Å². The maximum absolute atomic E-state index is 6.20. The lowest BCUT2D eigenvalue weighted by Crippen LogP contribution is -2.34. The van der Waals surface area contributed by atoms with Crippen LogP contribution in [0.4, 0.5) is 0 Å². The van der Waals surface area contributed by atoms with Gasteiger partial charge in [-0.2, -0.15) is 5.10 Å². The molecule has 182 valence electrons. The molecule has 0 radical (unpaired) electrons. The second-order valence-corrected chi connectivity index (χ2v) is 9.03. The van der Waals surface area contributed by atoms with Gasteiger partial charge < -0.3 is 15.0 Å². The molecule has 6 aromatic heterocycles. The highest BCUT2D eigenvalue weighted by atomic mass is 16.5. The lowest BCUT2D eigenvalue weighted by molar-refractivity contribution is 0.162. The molecule has 10 heteroatoms. The molecule has 0 aliphatic carbocycles. The summed E-state index contributed by atoms with van der Waals surface area (Å²) in [5.41, 5.74) is 6.29. The van der Waals surface area contributed by atoms with E-state index < -0.39 is 0 Å². The summed E-state index contributed by atoms with van der Waals surface area (Å²) in [4.78, 5) is 26.2. The number of piperidine rings is 1. The largest absolute Gasteiger partial charge is 0.489 e. The van der Waals surface area contributed by atoms with Crippen molar-refractivity contribution in [2.75, 3.05) is 13.1 Å². The van der Waals surface area contributed by atoms with Crippen molar-refractivity contribution in [3.63, 3.8) is 0 Å². The predicted octanol–water partition coefficient (Wildman–Crippen LogP) is 4.15. The number of rotatable bonds is 5. The first-order chi connectivity index (χ1) is 18.3. The van der Waals surface area contributed by atoms with Crippen molar-refractivity contribution in [3.05, 3.63) is 67.4 Å². The first-order valence-electron chi connectivity index (χ1n) is 12.3. The second-order valence-electron chi connectivity index (χ2n) is 9.03. The van der Waals surface area contributed by atoms with Gasteiger partial charge in [0, 0.05) is 35.9 Å². The fourth-order valence-corrected chi connectivity index (χ4v) is 4.73. The summed E-state index contributed by atoms with van der Waals surface area (Å²) in [6.45, 7) is 1.95. The molecule has 0 bridgehead atoms. The zero-order chi connectivity index (χ0) is 24.6. The number of ether oxygens (including phenoxy) is 1. The minimum absolute atomic E-state index is 0.206. The van der Waals surface area contributed by atoms with Crippen molar-refractivity contribution >= 4 is 22.1 Å². The molecule has 1 saturated heterocycles. The molecule has 6 aromatic rings. The van der Waals surface area contributed by atoms with Crippen molar-refractivity contribution in [2.45, 2.75) is 18.9 Å². The zero-order valence-corrected chi connectivity index (χ0v) is 19.8. The molecular weight excluding hydrogens is 466 g/mol. The number of hydrogen-bond donors (Lipinski definition) is 3. The second kappa shape index (κ2) is 9.07. The summed E-state index contributed by atoms with van der Waals surface area (Å²) in [6.07, 6.45) is 11.1. The smallest absolute Gasteiger partial charge is 0.159 e. The van der Waals surface area contributed by atoms with Crippen LogP contribution in [0.5, 0.6) is 5.75 Å². The van der Waals surface area contributed by atoms with E-state index in [4.69, 9.17) is 9.72 Å². The highest BCUT2D eigenvalue weighted by Crippen LogP contribution is 2.32. The molecule has 0 atom stereocenters. The number of fused-ring (bicyclic) bond motifs is 2. The van der Waals surface area contributed by atoms with Gasteiger partial charge in [-0.1, -0.05) is 6.07 Å². The number of hydrogen-bond acceptors (Lipinski definition) is 8. The number of pyridine rings is 4. The summed E-state index contributed by atoms with van der Waals surface area (Å²) < 4.78 is 6.20. The first-order valence-corrected chi connectivity index (χ1v) is 12.3. The number of nitrogens with one attached hydrogen (secondary N) is 3. The van der Waals surface area contributed by atoms with Crippen molar-refractivity contribution in [3.8, 4) is 39.8 Å². The average Bonchev–Trinajstić information content (AvgIpc) is 3.58. The third-order valence-corrected chi connectivity index (χ3v) is 6.58. The van der Waals surface area contributed by atoms with Gasteiger partial charge in [-0.15, -0.1) is 0 Å². The lowest BCUT2D eigenvalue weighted by Gasteiger charge is -2.23.